The summed E-state index contributed by atoms with van der Waals surface area (Å²) in [5.41, 5.74) is 1.39. The number of nitrogens with zero attached hydrogens (tertiary/aromatic N) is 2. The molecule has 3 rings (SSSR count). The van der Waals surface area contributed by atoms with Gasteiger partial charge in [-0.2, -0.15) is 5.10 Å². The zero-order valence-corrected chi connectivity index (χ0v) is 14.1. The average molecular weight is 355 g/mol. The number of fused-ring (bicyclic) bond motifs is 1. The van der Waals surface area contributed by atoms with Gasteiger partial charge in [0.1, 0.15) is 9.34 Å². The Morgan fingerprint density at radius 3 is 2.77 bits per heavy atom. The van der Waals surface area contributed by atoms with Crippen molar-refractivity contribution in [1.82, 2.24) is 15.2 Å². The van der Waals surface area contributed by atoms with Crippen molar-refractivity contribution in [2.24, 2.45) is 0 Å². The summed E-state index contributed by atoms with van der Waals surface area (Å²) in [7, 11) is 0. The molecule has 0 aliphatic heterocycles. The molecule has 5 nitrogen and oxygen atoms in total. The van der Waals surface area contributed by atoms with Gasteiger partial charge in [0.15, 0.2) is 5.15 Å². The molecule has 0 saturated carbocycles. The van der Waals surface area contributed by atoms with Crippen LogP contribution < -0.4 is 10.9 Å². The number of H-pyrrole nitrogens is 1. The molecule has 1 unspecified atom stereocenters. The Bertz CT molecular complexity index is 886. The molecule has 0 bridgehead atoms. The van der Waals surface area contributed by atoms with E-state index in [9.17, 15) is 4.79 Å². The highest BCUT2D eigenvalue weighted by Crippen LogP contribution is 2.33. The second kappa shape index (κ2) is 5.87. The molecule has 0 amide bonds. The maximum atomic E-state index is 11.9. The highest BCUT2D eigenvalue weighted by atomic mass is 35.5. The quantitative estimate of drug-likeness (QED) is 0.740. The predicted octanol–water partition coefficient (Wildman–Crippen LogP) is 4.17. The molecule has 8 heteroatoms. The zero-order chi connectivity index (χ0) is 15.9. The van der Waals surface area contributed by atoms with Crippen LogP contribution in [0.5, 0.6) is 0 Å². The van der Waals surface area contributed by atoms with Crippen molar-refractivity contribution < 1.29 is 0 Å². The molecular weight excluding hydrogens is 343 g/mol. The number of anilines is 1. The Hall–Kier alpha value is -1.63. The maximum Gasteiger partial charge on any atom is 0.272 e. The van der Waals surface area contributed by atoms with Gasteiger partial charge in [0.05, 0.1) is 17.1 Å². The number of hydrogen-bond donors (Lipinski definition) is 2. The maximum absolute atomic E-state index is 11.9. The molecule has 2 heterocycles. The van der Waals surface area contributed by atoms with E-state index in [0.29, 0.717) is 14.9 Å². The number of aromatic amines is 1. The van der Waals surface area contributed by atoms with Crippen LogP contribution in [0.15, 0.2) is 23.0 Å². The van der Waals surface area contributed by atoms with Gasteiger partial charge in [-0.1, -0.05) is 29.3 Å². The van der Waals surface area contributed by atoms with Gasteiger partial charge in [0.25, 0.3) is 5.56 Å². The number of aryl methyl sites for hydroxylation is 1. The van der Waals surface area contributed by atoms with Gasteiger partial charge in [0.2, 0.25) is 0 Å². The van der Waals surface area contributed by atoms with Crippen LogP contribution in [-0.2, 0) is 0 Å². The highest BCUT2D eigenvalue weighted by molar-refractivity contribution is 7.16. The molecule has 2 N–H and O–H groups in total. The summed E-state index contributed by atoms with van der Waals surface area (Å²) in [4.78, 5) is 16.1. The molecule has 1 atom stereocenters. The second-order valence-electron chi connectivity index (χ2n) is 4.88. The van der Waals surface area contributed by atoms with Crippen LogP contribution in [0.4, 0.5) is 5.69 Å². The van der Waals surface area contributed by atoms with Crippen molar-refractivity contribution in [3.63, 3.8) is 0 Å². The van der Waals surface area contributed by atoms with Crippen molar-refractivity contribution >= 4 is 51.0 Å². The molecule has 0 aliphatic rings. The minimum absolute atomic E-state index is 0.0746. The van der Waals surface area contributed by atoms with Crippen LogP contribution >= 0.6 is 34.5 Å². The van der Waals surface area contributed by atoms with Crippen molar-refractivity contribution in [3.8, 4) is 0 Å². The SMILES string of the molecule is Cc1n[nH]c(=O)c2cc(NC(C)c3nc(Cl)c(Cl)s3)ccc12. The molecule has 114 valence electrons. The van der Waals surface area contributed by atoms with Gasteiger partial charge in [-0.05, 0) is 26.0 Å². The number of rotatable bonds is 3. The third-order valence-electron chi connectivity index (χ3n) is 3.30. The van der Waals surface area contributed by atoms with Crippen LogP contribution in [0.2, 0.25) is 9.49 Å². The van der Waals surface area contributed by atoms with Crippen LogP contribution in [0.1, 0.15) is 23.7 Å². The minimum Gasteiger partial charge on any atom is -0.376 e. The first kappa shape index (κ1) is 15.3. The minimum atomic E-state index is -0.211. The molecule has 0 saturated heterocycles. The Morgan fingerprint density at radius 1 is 1.32 bits per heavy atom. The molecule has 0 fully saturated rings. The van der Waals surface area contributed by atoms with E-state index >= 15 is 0 Å². The fourth-order valence-corrected chi connectivity index (χ4v) is 3.41. The molecule has 0 spiro atoms. The van der Waals surface area contributed by atoms with E-state index in [-0.39, 0.29) is 11.6 Å². The van der Waals surface area contributed by atoms with Gasteiger partial charge < -0.3 is 5.32 Å². The van der Waals surface area contributed by atoms with E-state index in [4.69, 9.17) is 23.2 Å². The lowest BCUT2D eigenvalue weighted by atomic mass is 10.1. The summed E-state index contributed by atoms with van der Waals surface area (Å²) in [6, 6.07) is 5.51. The van der Waals surface area contributed by atoms with E-state index in [0.717, 1.165) is 21.8 Å². The Morgan fingerprint density at radius 2 is 2.09 bits per heavy atom. The van der Waals surface area contributed by atoms with Gasteiger partial charge in [-0.25, -0.2) is 10.1 Å². The fraction of sp³-hybridized carbons (Fsp3) is 0.214. The second-order valence-corrected chi connectivity index (χ2v) is 6.87. The third kappa shape index (κ3) is 2.82. The van der Waals surface area contributed by atoms with Crippen molar-refractivity contribution in [1.29, 1.82) is 0 Å². The van der Waals surface area contributed by atoms with Crippen LogP contribution in [0.25, 0.3) is 10.8 Å². The first-order valence-electron chi connectivity index (χ1n) is 6.53. The number of hydrogen-bond acceptors (Lipinski definition) is 5. The predicted molar refractivity (Wildman–Crippen MR) is 91.3 cm³/mol. The molecule has 2 aromatic heterocycles. The van der Waals surface area contributed by atoms with Crippen LogP contribution in [0, 0.1) is 6.92 Å². The number of nitrogens with one attached hydrogen (secondary N) is 2. The van der Waals surface area contributed by atoms with Crippen LogP contribution in [0.3, 0.4) is 0 Å². The zero-order valence-electron chi connectivity index (χ0n) is 11.8. The first-order valence-corrected chi connectivity index (χ1v) is 8.10. The van der Waals surface area contributed by atoms with Gasteiger partial charge in [-0.3, -0.25) is 4.79 Å². The number of halogens is 2. The van der Waals surface area contributed by atoms with Gasteiger partial charge in [-0.15, -0.1) is 11.3 Å². The van der Waals surface area contributed by atoms with Gasteiger partial charge >= 0.3 is 0 Å². The lowest BCUT2D eigenvalue weighted by Gasteiger charge is -2.13. The number of thiazole rings is 1. The summed E-state index contributed by atoms with van der Waals surface area (Å²) < 4.78 is 0.474. The van der Waals surface area contributed by atoms with Crippen molar-refractivity contribution in [3.05, 3.63) is 48.7 Å². The smallest absolute Gasteiger partial charge is 0.272 e. The van der Waals surface area contributed by atoms with Crippen LogP contribution in [-0.4, -0.2) is 15.2 Å². The molecule has 0 radical (unpaired) electrons. The summed E-state index contributed by atoms with van der Waals surface area (Å²) in [6.45, 7) is 3.81. The number of benzene rings is 1. The van der Waals surface area contributed by atoms with E-state index in [2.05, 4.69) is 20.5 Å². The topological polar surface area (TPSA) is 70.7 Å². The standard InChI is InChI=1S/C14H12Cl2N4OS/c1-6-9-4-3-8(5-10(9)13(21)20-19-6)17-7(2)14-18-11(15)12(16)22-14/h3-5,7,17H,1-2H3,(H,20,21). The van der Waals surface area contributed by atoms with E-state index in [1.165, 1.54) is 11.3 Å². The largest absolute Gasteiger partial charge is 0.376 e. The summed E-state index contributed by atoms with van der Waals surface area (Å²) in [5, 5.41) is 12.3. The summed E-state index contributed by atoms with van der Waals surface area (Å²) in [5.74, 6) is 0. The normalized spacial score (nSPS) is 12.5. The summed E-state index contributed by atoms with van der Waals surface area (Å²) >= 11 is 13.1. The molecule has 0 aliphatic carbocycles. The number of aromatic nitrogens is 3. The summed E-state index contributed by atoms with van der Waals surface area (Å²) in [6.07, 6.45) is 0. The molecule has 1 aromatic carbocycles. The Balaban J connectivity index is 1.94. The first-order chi connectivity index (χ1) is 10.5. The highest BCUT2D eigenvalue weighted by Gasteiger charge is 2.14. The van der Waals surface area contributed by atoms with Crippen molar-refractivity contribution in [2.45, 2.75) is 19.9 Å². The Kier molecular flexibility index (Phi) is 4.08. The molecular formula is C14H12Cl2N4OS. The lowest BCUT2D eigenvalue weighted by molar-refractivity contribution is 0.870. The van der Waals surface area contributed by atoms with Gasteiger partial charge in [0, 0.05) is 11.1 Å². The lowest BCUT2D eigenvalue weighted by Crippen LogP contribution is -2.11. The fourth-order valence-electron chi connectivity index (χ4n) is 2.19. The van der Waals surface area contributed by atoms with Crippen molar-refractivity contribution in [2.75, 3.05) is 5.32 Å². The van der Waals surface area contributed by atoms with E-state index in [1.807, 2.05) is 26.0 Å². The van der Waals surface area contributed by atoms with E-state index < -0.39 is 0 Å². The monoisotopic (exact) mass is 354 g/mol. The molecule has 3 aromatic rings. The third-order valence-corrected chi connectivity index (χ3v) is 5.22. The van der Waals surface area contributed by atoms with E-state index in [1.54, 1.807) is 6.07 Å². The average Bonchev–Trinajstić information content (AvgIpc) is 2.83. The molecule has 22 heavy (non-hydrogen) atoms. The Labute approximate surface area is 140 Å².